The Labute approximate surface area is 191 Å². The second kappa shape index (κ2) is 10.4. The number of benzene rings is 2. The summed E-state index contributed by atoms with van der Waals surface area (Å²) in [6, 6.07) is 12.1. The fourth-order valence-electron chi connectivity index (χ4n) is 3.60. The third-order valence-corrected chi connectivity index (χ3v) is 6.88. The van der Waals surface area contributed by atoms with E-state index in [-0.39, 0.29) is 10.8 Å². The number of nitrogens with zero attached hydrogens (tertiary/aromatic N) is 1. The number of hydrogen-bond acceptors (Lipinski definition) is 5. The third kappa shape index (κ3) is 6.01. The molecule has 8 heteroatoms. The van der Waals surface area contributed by atoms with Gasteiger partial charge in [0.2, 0.25) is 0 Å². The molecule has 0 spiro atoms. The highest BCUT2D eigenvalue weighted by Crippen LogP contribution is 2.27. The second-order valence-electron chi connectivity index (χ2n) is 8.90. The van der Waals surface area contributed by atoms with Crippen molar-refractivity contribution in [2.75, 3.05) is 42.3 Å². The van der Waals surface area contributed by atoms with Gasteiger partial charge in [-0.3, -0.25) is 9.52 Å². The Morgan fingerprint density at radius 1 is 1.03 bits per heavy atom. The first-order chi connectivity index (χ1) is 15.2. The van der Waals surface area contributed by atoms with Crippen molar-refractivity contribution in [3.05, 3.63) is 53.6 Å². The maximum atomic E-state index is 13.0. The van der Waals surface area contributed by atoms with Gasteiger partial charge in [-0.05, 0) is 47.7 Å². The molecule has 1 fully saturated rings. The lowest BCUT2D eigenvalue weighted by Gasteiger charge is -2.31. The van der Waals surface area contributed by atoms with Crippen LogP contribution in [0.25, 0.3) is 0 Å². The van der Waals surface area contributed by atoms with Gasteiger partial charge in [-0.1, -0.05) is 39.8 Å². The lowest BCUT2D eigenvalue weighted by molar-refractivity contribution is 0.0949. The van der Waals surface area contributed by atoms with Crippen molar-refractivity contribution in [1.82, 2.24) is 10.6 Å². The minimum absolute atomic E-state index is 0.193. The number of hydrogen-bond donors (Lipinski definition) is 3. The molecule has 1 aliphatic heterocycles. The minimum atomic E-state index is -3.77. The fourth-order valence-corrected chi connectivity index (χ4v) is 4.65. The van der Waals surface area contributed by atoms with Crippen molar-refractivity contribution in [2.24, 2.45) is 5.92 Å². The zero-order valence-corrected chi connectivity index (χ0v) is 20.1. The smallest absolute Gasteiger partial charge is 0.261 e. The van der Waals surface area contributed by atoms with E-state index < -0.39 is 10.0 Å². The summed E-state index contributed by atoms with van der Waals surface area (Å²) in [5.41, 5.74) is 2.74. The number of amides is 1. The number of anilines is 2. The summed E-state index contributed by atoms with van der Waals surface area (Å²) in [7, 11) is -3.77. The molecule has 0 unspecified atom stereocenters. The van der Waals surface area contributed by atoms with Gasteiger partial charge in [0.25, 0.3) is 15.9 Å². The number of carbonyl (C=O) groups excluding carboxylic acids is 1. The second-order valence-corrected chi connectivity index (χ2v) is 10.6. The Hall–Kier alpha value is -2.58. The van der Waals surface area contributed by atoms with Gasteiger partial charge in [0.15, 0.2) is 0 Å². The van der Waals surface area contributed by atoms with E-state index in [0.29, 0.717) is 29.6 Å². The number of sulfonamides is 1. The van der Waals surface area contributed by atoms with Gasteiger partial charge in [0, 0.05) is 44.1 Å². The highest BCUT2D eigenvalue weighted by Gasteiger charge is 2.21. The molecule has 0 aromatic heterocycles. The molecular formula is C24H34N4O3S. The van der Waals surface area contributed by atoms with E-state index in [0.717, 1.165) is 37.4 Å². The topological polar surface area (TPSA) is 90.5 Å². The number of rotatable bonds is 8. The quantitative estimate of drug-likeness (QED) is 0.564. The van der Waals surface area contributed by atoms with Crippen LogP contribution in [0.3, 0.4) is 0 Å². The van der Waals surface area contributed by atoms with E-state index in [1.807, 2.05) is 32.0 Å². The Morgan fingerprint density at radius 3 is 2.28 bits per heavy atom. The van der Waals surface area contributed by atoms with Crippen LogP contribution >= 0.6 is 0 Å². The first-order valence-electron chi connectivity index (χ1n) is 11.2. The van der Waals surface area contributed by atoms with Crippen LogP contribution < -0.4 is 20.3 Å². The molecule has 1 aliphatic rings. The van der Waals surface area contributed by atoms with Crippen LogP contribution in [0.2, 0.25) is 0 Å². The lowest BCUT2D eigenvalue weighted by Crippen LogP contribution is -2.44. The average Bonchev–Trinajstić information content (AvgIpc) is 2.77. The summed E-state index contributed by atoms with van der Waals surface area (Å²) >= 11 is 0. The van der Waals surface area contributed by atoms with Crippen LogP contribution in [0.5, 0.6) is 0 Å². The monoisotopic (exact) mass is 458 g/mol. The largest absolute Gasteiger partial charge is 0.368 e. The molecule has 0 aliphatic carbocycles. The van der Waals surface area contributed by atoms with Crippen molar-refractivity contribution >= 4 is 27.3 Å². The Balaban J connectivity index is 1.89. The summed E-state index contributed by atoms with van der Waals surface area (Å²) in [4.78, 5) is 15.3. The summed E-state index contributed by atoms with van der Waals surface area (Å²) in [6.07, 6.45) is 0. The Bertz CT molecular complexity index is 1030. The molecular weight excluding hydrogens is 424 g/mol. The zero-order valence-electron chi connectivity index (χ0n) is 19.3. The third-order valence-electron chi connectivity index (χ3n) is 5.48. The van der Waals surface area contributed by atoms with Crippen molar-refractivity contribution in [2.45, 2.75) is 38.5 Å². The van der Waals surface area contributed by atoms with Gasteiger partial charge in [0.1, 0.15) is 0 Å². The lowest BCUT2D eigenvalue weighted by atomic mass is 10.0. The molecule has 0 saturated carbocycles. The molecule has 2 aromatic rings. The zero-order chi connectivity index (χ0) is 23.3. The summed E-state index contributed by atoms with van der Waals surface area (Å²) in [5, 5.41) is 6.27. The van der Waals surface area contributed by atoms with E-state index in [4.69, 9.17) is 0 Å². The highest BCUT2D eigenvalue weighted by molar-refractivity contribution is 7.92. The number of nitrogens with one attached hydrogen (secondary N) is 3. The van der Waals surface area contributed by atoms with Crippen molar-refractivity contribution in [3.8, 4) is 0 Å². The van der Waals surface area contributed by atoms with E-state index in [1.165, 1.54) is 0 Å². The van der Waals surface area contributed by atoms with Crippen molar-refractivity contribution in [3.63, 3.8) is 0 Å². The van der Waals surface area contributed by atoms with E-state index in [9.17, 15) is 13.2 Å². The first-order valence-corrected chi connectivity index (χ1v) is 12.7. The standard InChI is InChI=1S/C24H34N4O3S/c1-17(2)16-26-24(29)22-15-20(7-10-23(22)28-13-11-25-12-14-28)27-32(30,31)21-8-5-19(6-9-21)18(3)4/h5-10,15,17-18,25,27H,11-14,16H2,1-4H3,(H,26,29). The predicted molar refractivity (Wildman–Crippen MR) is 130 cm³/mol. The van der Waals surface area contributed by atoms with E-state index in [2.05, 4.69) is 34.1 Å². The molecule has 1 amide bonds. The fraction of sp³-hybridized carbons (Fsp3) is 0.458. The van der Waals surface area contributed by atoms with Gasteiger partial charge in [-0.15, -0.1) is 0 Å². The van der Waals surface area contributed by atoms with Gasteiger partial charge in [-0.25, -0.2) is 8.42 Å². The molecule has 0 radical (unpaired) electrons. The van der Waals surface area contributed by atoms with Crippen LogP contribution in [-0.4, -0.2) is 47.0 Å². The summed E-state index contributed by atoms with van der Waals surface area (Å²) in [6.45, 7) is 12.0. The van der Waals surface area contributed by atoms with Gasteiger partial charge in [-0.2, -0.15) is 0 Å². The molecule has 1 saturated heterocycles. The van der Waals surface area contributed by atoms with Crippen molar-refractivity contribution < 1.29 is 13.2 Å². The van der Waals surface area contributed by atoms with Crippen LogP contribution in [0.4, 0.5) is 11.4 Å². The molecule has 174 valence electrons. The normalized spacial score (nSPS) is 14.6. The van der Waals surface area contributed by atoms with Crippen LogP contribution in [0.1, 0.15) is 49.5 Å². The maximum Gasteiger partial charge on any atom is 0.261 e. The average molecular weight is 459 g/mol. The van der Waals surface area contributed by atoms with Gasteiger partial charge >= 0.3 is 0 Å². The molecule has 2 aromatic carbocycles. The summed E-state index contributed by atoms with van der Waals surface area (Å²) < 4.78 is 28.5. The SMILES string of the molecule is CC(C)CNC(=O)c1cc(NS(=O)(=O)c2ccc(C(C)C)cc2)ccc1N1CCNCC1. The minimum Gasteiger partial charge on any atom is -0.368 e. The first kappa shape index (κ1) is 24.1. The van der Waals surface area contributed by atoms with Crippen LogP contribution in [-0.2, 0) is 10.0 Å². The van der Waals surface area contributed by atoms with Crippen molar-refractivity contribution in [1.29, 1.82) is 0 Å². The highest BCUT2D eigenvalue weighted by atomic mass is 32.2. The Morgan fingerprint density at radius 2 is 1.69 bits per heavy atom. The molecule has 3 N–H and O–H groups in total. The number of carbonyl (C=O) groups is 1. The molecule has 0 atom stereocenters. The van der Waals surface area contributed by atoms with Crippen LogP contribution in [0.15, 0.2) is 47.4 Å². The molecule has 7 nitrogen and oxygen atoms in total. The van der Waals surface area contributed by atoms with E-state index >= 15 is 0 Å². The molecule has 32 heavy (non-hydrogen) atoms. The Kier molecular flexibility index (Phi) is 7.79. The molecule has 0 bridgehead atoms. The van der Waals surface area contributed by atoms with E-state index in [1.54, 1.807) is 24.3 Å². The number of piperazine rings is 1. The van der Waals surface area contributed by atoms with Crippen LogP contribution in [0, 0.1) is 5.92 Å². The molecule has 3 rings (SSSR count). The summed E-state index contributed by atoms with van der Waals surface area (Å²) in [5.74, 6) is 0.441. The van der Waals surface area contributed by atoms with Gasteiger partial charge < -0.3 is 15.5 Å². The molecule has 1 heterocycles. The van der Waals surface area contributed by atoms with Gasteiger partial charge in [0.05, 0.1) is 10.5 Å². The maximum absolute atomic E-state index is 13.0. The predicted octanol–water partition coefficient (Wildman–Crippen LogP) is 3.41.